The highest BCUT2D eigenvalue weighted by molar-refractivity contribution is 5.46. The molecule has 0 bridgehead atoms. The van der Waals surface area contributed by atoms with Crippen LogP contribution in [0.4, 0.5) is 0 Å². The standard InChI is InChI=1S/C9H10O.C2H6O/c1-2-8-3-5-9(7-10)6-4-8;1-2-3/h2-6,10H,1,7H2;3H,2H2,1H3. The molecule has 13 heavy (non-hydrogen) atoms. The molecule has 0 aliphatic rings. The first kappa shape index (κ1) is 11.9. The van der Waals surface area contributed by atoms with Gasteiger partial charge in [-0.2, -0.15) is 0 Å². The summed E-state index contributed by atoms with van der Waals surface area (Å²) < 4.78 is 0. The summed E-state index contributed by atoms with van der Waals surface area (Å²) in [5.41, 5.74) is 2.02. The number of hydrogen-bond donors (Lipinski definition) is 2. The molecule has 0 aliphatic heterocycles. The maximum atomic E-state index is 8.68. The van der Waals surface area contributed by atoms with Crippen molar-refractivity contribution in [2.24, 2.45) is 0 Å². The number of benzene rings is 1. The van der Waals surface area contributed by atoms with Crippen molar-refractivity contribution in [2.45, 2.75) is 13.5 Å². The summed E-state index contributed by atoms with van der Waals surface area (Å²) in [6.45, 7) is 5.66. The van der Waals surface area contributed by atoms with Crippen LogP contribution in [0.15, 0.2) is 30.8 Å². The van der Waals surface area contributed by atoms with E-state index in [2.05, 4.69) is 6.58 Å². The third-order valence-corrected chi connectivity index (χ3v) is 1.40. The molecule has 0 radical (unpaired) electrons. The van der Waals surface area contributed by atoms with Crippen molar-refractivity contribution < 1.29 is 10.2 Å². The molecule has 0 unspecified atom stereocenters. The molecule has 0 fully saturated rings. The van der Waals surface area contributed by atoms with Gasteiger partial charge < -0.3 is 10.2 Å². The van der Waals surface area contributed by atoms with Crippen LogP contribution in [0.2, 0.25) is 0 Å². The van der Waals surface area contributed by atoms with Gasteiger partial charge in [0.2, 0.25) is 0 Å². The van der Waals surface area contributed by atoms with E-state index in [1.165, 1.54) is 0 Å². The predicted molar refractivity (Wildman–Crippen MR) is 55.2 cm³/mol. The topological polar surface area (TPSA) is 40.5 Å². The first-order valence-electron chi connectivity index (χ1n) is 4.21. The molecule has 1 aromatic rings. The van der Waals surface area contributed by atoms with Gasteiger partial charge in [0.05, 0.1) is 6.61 Å². The highest BCUT2D eigenvalue weighted by Gasteiger charge is 1.87. The lowest BCUT2D eigenvalue weighted by Crippen LogP contribution is -1.80. The molecule has 1 rings (SSSR count). The number of hydrogen-bond acceptors (Lipinski definition) is 2. The van der Waals surface area contributed by atoms with E-state index < -0.39 is 0 Å². The monoisotopic (exact) mass is 180 g/mol. The molecule has 0 spiro atoms. The van der Waals surface area contributed by atoms with Gasteiger partial charge in [-0.25, -0.2) is 0 Å². The van der Waals surface area contributed by atoms with Crippen LogP contribution in [0.5, 0.6) is 0 Å². The molecule has 0 aliphatic carbocycles. The van der Waals surface area contributed by atoms with Gasteiger partial charge in [0, 0.05) is 6.61 Å². The predicted octanol–water partition coefficient (Wildman–Crippen LogP) is 1.82. The zero-order valence-electron chi connectivity index (χ0n) is 7.90. The first-order chi connectivity index (χ1) is 6.28. The van der Waals surface area contributed by atoms with Gasteiger partial charge in [0.15, 0.2) is 0 Å². The average Bonchev–Trinajstić information content (AvgIpc) is 2.19. The van der Waals surface area contributed by atoms with Crippen LogP contribution in [0.1, 0.15) is 18.1 Å². The Morgan fingerprint density at radius 2 is 1.69 bits per heavy atom. The minimum absolute atomic E-state index is 0.109. The Hall–Kier alpha value is -1.12. The van der Waals surface area contributed by atoms with E-state index in [1.54, 1.807) is 13.0 Å². The zero-order valence-corrected chi connectivity index (χ0v) is 7.90. The molecule has 0 aromatic heterocycles. The molecule has 72 valence electrons. The van der Waals surface area contributed by atoms with Crippen molar-refractivity contribution in [2.75, 3.05) is 6.61 Å². The quantitative estimate of drug-likeness (QED) is 0.728. The smallest absolute Gasteiger partial charge is 0.0681 e. The number of aliphatic hydroxyl groups excluding tert-OH is 2. The summed E-state index contributed by atoms with van der Waals surface area (Å²) in [5.74, 6) is 0. The van der Waals surface area contributed by atoms with Crippen molar-refractivity contribution in [3.05, 3.63) is 42.0 Å². The summed E-state index contributed by atoms with van der Waals surface area (Å²) >= 11 is 0. The second-order valence-corrected chi connectivity index (χ2v) is 2.42. The van der Waals surface area contributed by atoms with Crippen molar-refractivity contribution in [1.29, 1.82) is 0 Å². The molecule has 0 saturated heterocycles. The van der Waals surface area contributed by atoms with Gasteiger partial charge in [-0.3, -0.25) is 0 Å². The van der Waals surface area contributed by atoms with Gasteiger partial charge in [-0.15, -0.1) is 0 Å². The van der Waals surface area contributed by atoms with Gasteiger partial charge in [0.1, 0.15) is 0 Å². The van der Waals surface area contributed by atoms with E-state index in [-0.39, 0.29) is 13.2 Å². The third-order valence-electron chi connectivity index (χ3n) is 1.40. The van der Waals surface area contributed by atoms with Crippen LogP contribution in [0.25, 0.3) is 6.08 Å². The van der Waals surface area contributed by atoms with Crippen LogP contribution in [-0.4, -0.2) is 16.8 Å². The summed E-state index contributed by atoms with van der Waals surface area (Å²) in [4.78, 5) is 0. The van der Waals surface area contributed by atoms with Crippen LogP contribution in [-0.2, 0) is 6.61 Å². The summed E-state index contributed by atoms with van der Waals surface area (Å²) in [6, 6.07) is 7.63. The second kappa shape index (κ2) is 7.53. The molecule has 0 saturated carbocycles. The lowest BCUT2D eigenvalue weighted by atomic mass is 10.1. The van der Waals surface area contributed by atoms with Gasteiger partial charge in [0.25, 0.3) is 0 Å². The highest BCUT2D eigenvalue weighted by atomic mass is 16.3. The Bertz CT molecular complexity index is 226. The molecule has 2 nitrogen and oxygen atoms in total. The van der Waals surface area contributed by atoms with Crippen LogP contribution in [0, 0.1) is 0 Å². The molecular weight excluding hydrogens is 164 g/mol. The Labute approximate surface area is 79.2 Å². The van der Waals surface area contributed by atoms with Crippen LogP contribution < -0.4 is 0 Å². The lowest BCUT2D eigenvalue weighted by molar-refractivity contribution is 0.282. The van der Waals surface area contributed by atoms with Crippen molar-refractivity contribution >= 4 is 6.08 Å². The van der Waals surface area contributed by atoms with E-state index in [9.17, 15) is 0 Å². The molecule has 2 N–H and O–H groups in total. The Morgan fingerprint density at radius 1 is 1.23 bits per heavy atom. The van der Waals surface area contributed by atoms with E-state index >= 15 is 0 Å². The van der Waals surface area contributed by atoms with Gasteiger partial charge in [-0.05, 0) is 18.1 Å². The molecular formula is C11H16O2. The third kappa shape index (κ3) is 5.17. The fourth-order valence-corrected chi connectivity index (χ4v) is 0.759. The van der Waals surface area contributed by atoms with Crippen LogP contribution >= 0.6 is 0 Å². The Balaban J connectivity index is 0.000000424. The second-order valence-electron chi connectivity index (χ2n) is 2.42. The van der Waals surface area contributed by atoms with Gasteiger partial charge >= 0.3 is 0 Å². The van der Waals surface area contributed by atoms with Crippen molar-refractivity contribution in [3.8, 4) is 0 Å². The fraction of sp³-hybridized carbons (Fsp3) is 0.273. The normalized spacial score (nSPS) is 8.54. The van der Waals surface area contributed by atoms with Crippen LogP contribution in [0.3, 0.4) is 0 Å². The van der Waals surface area contributed by atoms with E-state index in [1.807, 2.05) is 24.3 Å². The van der Waals surface area contributed by atoms with E-state index in [0.717, 1.165) is 11.1 Å². The molecule has 2 heteroatoms. The van der Waals surface area contributed by atoms with E-state index in [4.69, 9.17) is 10.2 Å². The first-order valence-corrected chi connectivity index (χ1v) is 4.21. The average molecular weight is 180 g/mol. The fourth-order valence-electron chi connectivity index (χ4n) is 0.759. The van der Waals surface area contributed by atoms with E-state index in [0.29, 0.717) is 0 Å². The molecule has 0 atom stereocenters. The Kier molecular flexibility index (Phi) is 6.88. The largest absolute Gasteiger partial charge is 0.397 e. The maximum absolute atomic E-state index is 8.68. The maximum Gasteiger partial charge on any atom is 0.0681 e. The minimum Gasteiger partial charge on any atom is -0.397 e. The molecule has 0 heterocycles. The molecule has 1 aromatic carbocycles. The minimum atomic E-state index is 0.109. The SMILES string of the molecule is C=Cc1ccc(CO)cc1.CCO. The summed E-state index contributed by atoms with van der Waals surface area (Å²) in [7, 11) is 0. The summed E-state index contributed by atoms with van der Waals surface area (Å²) in [6.07, 6.45) is 1.78. The highest BCUT2D eigenvalue weighted by Crippen LogP contribution is 2.04. The van der Waals surface area contributed by atoms with Gasteiger partial charge in [-0.1, -0.05) is 36.9 Å². The number of rotatable bonds is 2. The number of aliphatic hydroxyl groups is 2. The summed E-state index contributed by atoms with van der Waals surface area (Å²) in [5, 5.41) is 16.2. The Morgan fingerprint density at radius 3 is 2.00 bits per heavy atom. The van der Waals surface area contributed by atoms with Crippen molar-refractivity contribution in [3.63, 3.8) is 0 Å². The zero-order chi connectivity index (χ0) is 10.1. The van der Waals surface area contributed by atoms with Crippen molar-refractivity contribution in [1.82, 2.24) is 0 Å². The lowest BCUT2D eigenvalue weighted by Gasteiger charge is -1.94. The molecule has 0 amide bonds.